The predicted octanol–water partition coefficient (Wildman–Crippen LogP) is -2.15. The van der Waals surface area contributed by atoms with Gasteiger partial charge in [0.25, 0.3) is 0 Å². The third-order valence-electron chi connectivity index (χ3n) is 3.08. The molecule has 0 aromatic carbocycles. The molecule has 5 N–H and O–H groups in total. The van der Waals surface area contributed by atoms with Gasteiger partial charge in [-0.2, -0.15) is 0 Å². The minimum absolute atomic E-state index is 0.273. The van der Waals surface area contributed by atoms with E-state index >= 15 is 0 Å². The van der Waals surface area contributed by atoms with Crippen LogP contribution < -0.4 is 10.6 Å². The fourth-order valence-corrected chi connectivity index (χ4v) is 2.09. The molecular weight excluding hydrogens is 268 g/mol. The van der Waals surface area contributed by atoms with Crippen LogP contribution in [0.5, 0.6) is 0 Å². The van der Waals surface area contributed by atoms with Crippen molar-refractivity contribution in [2.75, 3.05) is 6.61 Å². The molecule has 8 nitrogen and oxygen atoms in total. The fraction of sp³-hybridized carbons (Fsp3) is 0.833. The van der Waals surface area contributed by atoms with Crippen molar-refractivity contribution in [1.82, 2.24) is 10.6 Å². The SMILES string of the molecule is CCCC(=O)N[C@@H]1O[C@H](CO)[C@@H](O)[C@H](O)[C@H]1NC(C)=O. The Morgan fingerprint density at radius 3 is 2.35 bits per heavy atom. The highest BCUT2D eigenvalue weighted by Crippen LogP contribution is 2.20. The van der Waals surface area contributed by atoms with Crippen LogP contribution in [0.25, 0.3) is 0 Å². The van der Waals surface area contributed by atoms with Crippen molar-refractivity contribution in [2.24, 2.45) is 0 Å². The first-order valence-electron chi connectivity index (χ1n) is 6.59. The van der Waals surface area contributed by atoms with Crippen molar-refractivity contribution in [2.45, 2.75) is 57.3 Å². The van der Waals surface area contributed by atoms with Crippen LogP contribution in [0.15, 0.2) is 0 Å². The lowest BCUT2D eigenvalue weighted by Crippen LogP contribution is -2.68. The summed E-state index contributed by atoms with van der Waals surface area (Å²) in [5.74, 6) is -0.727. The zero-order chi connectivity index (χ0) is 15.3. The second-order valence-corrected chi connectivity index (χ2v) is 4.80. The van der Waals surface area contributed by atoms with Crippen LogP contribution in [0.4, 0.5) is 0 Å². The molecule has 1 aliphatic heterocycles. The van der Waals surface area contributed by atoms with E-state index < -0.39 is 43.1 Å². The zero-order valence-electron chi connectivity index (χ0n) is 11.6. The number of hydrogen-bond donors (Lipinski definition) is 5. The van der Waals surface area contributed by atoms with Gasteiger partial charge in [0, 0.05) is 13.3 Å². The van der Waals surface area contributed by atoms with Crippen LogP contribution in [0.3, 0.4) is 0 Å². The number of carbonyl (C=O) groups excluding carboxylic acids is 2. The molecule has 1 fully saturated rings. The topological polar surface area (TPSA) is 128 Å². The van der Waals surface area contributed by atoms with Gasteiger partial charge in [-0.3, -0.25) is 9.59 Å². The molecule has 8 heteroatoms. The third-order valence-corrected chi connectivity index (χ3v) is 3.08. The highest BCUT2D eigenvalue weighted by atomic mass is 16.5. The van der Waals surface area contributed by atoms with Crippen molar-refractivity contribution >= 4 is 11.8 Å². The standard InChI is InChI=1S/C12H22N2O6/c1-3-4-8(17)14-12-9(13-6(2)16)11(19)10(18)7(5-15)20-12/h7,9-12,15,18-19H,3-5H2,1-2H3,(H,13,16)(H,14,17)/t7-,9-,10-,11-,12-/m1/s1. The second kappa shape index (κ2) is 7.53. The first kappa shape index (κ1) is 16.8. The summed E-state index contributed by atoms with van der Waals surface area (Å²) in [6, 6.07) is -0.980. The summed E-state index contributed by atoms with van der Waals surface area (Å²) in [5, 5.41) is 33.8. The zero-order valence-corrected chi connectivity index (χ0v) is 11.6. The summed E-state index contributed by atoms with van der Waals surface area (Å²) >= 11 is 0. The maximum absolute atomic E-state index is 11.6. The average Bonchev–Trinajstić information content (AvgIpc) is 2.38. The quantitative estimate of drug-likeness (QED) is 0.392. The summed E-state index contributed by atoms with van der Waals surface area (Å²) in [5.41, 5.74) is 0. The molecule has 2 amide bonds. The molecule has 0 bridgehead atoms. The largest absolute Gasteiger partial charge is 0.394 e. The molecular formula is C12H22N2O6. The van der Waals surface area contributed by atoms with Crippen LogP contribution in [-0.4, -0.2) is 64.3 Å². The summed E-state index contributed by atoms with van der Waals surface area (Å²) in [6.07, 6.45) is -3.82. The molecule has 0 spiro atoms. The van der Waals surface area contributed by atoms with Gasteiger partial charge in [-0.25, -0.2) is 0 Å². The fourth-order valence-electron chi connectivity index (χ4n) is 2.09. The van der Waals surface area contributed by atoms with Crippen molar-refractivity contribution in [1.29, 1.82) is 0 Å². The first-order chi connectivity index (χ1) is 9.40. The van der Waals surface area contributed by atoms with E-state index in [-0.39, 0.29) is 12.3 Å². The van der Waals surface area contributed by atoms with Crippen LogP contribution in [0, 0.1) is 0 Å². The molecule has 0 radical (unpaired) electrons. The lowest BCUT2D eigenvalue weighted by Gasteiger charge is -2.42. The average molecular weight is 290 g/mol. The Morgan fingerprint density at radius 1 is 1.20 bits per heavy atom. The third kappa shape index (κ3) is 4.14. The number of rotatable bonds is 5. The smallest absolute Gasteiger partial charge is 0.222 e. The number of aliphatic hydroxyl groups is 3. The van der Waals surface area contributed by atoms with E-state index in [4.69, 9.17) is 9.84 Å². The molecule has 0 aromatic heterocycles. The first-order valence-corrected chi connectivity index (χ1v) is 6.59. The maximum Gasteiger partial charge on any atom is 0.222 e. The molecule has 0 aliphatic carbocycles. The van der Waals surface area contributed by atoms with Gasteiger partial charge < -0.3 is 30.7 Å². The Labute approximate surface area is 117 Å². The van der Waals surface area contributed by atoms with Gasteiger partial charge in [-0.05, 0) is 6.42 Å². The van der Waals surface area contributed by atoms with Crippen LogP contribution in [0.1, 0.15) is 26.7 Å². The van der Waals surface area contributed by atoms with Crippen LogP contribution in [0.2, 0.25) is 0 Å². The monoisotopic (exact) mass is 290 g/mol. The van der Waals surface area contributed by atoms with Gasteiger partial charge in [-0.15, -0.1) is 0 Å². The van der Waals surface area contributed by atoms with Crippen molar-refractivity contribution in [3.63, 3.8) is 0 Å². The van der Waals surface area contributed by atoms with Gasteiger partial charge in [0.15, 0.2) is 6.23 Å². The summed E-state index contributed by atoms with van der Waals surface area (Å²) in [6.45, 7) is 2.58. The number of nitrogens with one attached hydrogen (secondary N) is 2. The molecule has 0 unspecified atom stereocenters. The minimum Gasteiger partial charge on any atom is -0.394 e. The number of amides is 2. The molecule has 116 valence electrons. The van der Waals surface area contributed by atoms with E-state index in [1.165, 1.54) is 6.92 Å². The second-order valence-electron chi connectivity index (χ2n) is 4.80. The molecule has 1 rings (SSSR count). The van der Waals surface area contributed by atoms with Crippen molar-refractivity contribution < 1.29 is 29.6 Å². The van der Waals surface area contributed by atoms with Gasteiger partial charge in [0.2, 0.25) is 11.8 Å². The normalized spacial score (nSPS) is 33.5. The van der Waals surface area contributed by atoms with Gasteiger partial charge in [0.05, 0.1) is 6.61 Å². The van der Waals surface area contributed by atoms with E-state index in [9.17, 15) is 19.8 Å². The Hall–Kier alpha value is -1.22. The Morgan fingerprint density at radius 2 is 1.85 bits per heavy atom. The van der Waals surface area contributed by atoms with Gasteiger partial charge >= 0.3 is 0 Å². The lowest BCUT2D eigenvalue weighted by molar-refractivity contribution is -0.203. The van der Waals surface area contributed by atoms with Crippen molar-refractivity contribution in [3.05, 3.63) is 0 Å². The Bertz CT molecular complexity index is 351. The van der Waals surface area contributed by atoms with E-state index in [1.54, 1.807) is 0 Å². The van der Waals surface area contributed by atoms with Gasteiger partial charge in [0.1, 0.15) is 24.4 Å². The molecule has 1 aliphatic rings. The van der Waals surface area contributed by atoms with Crippen LogP contribution >= 0.6 is 0 Å². The molecule has 0 aromatic rings. The Kier molecular flexibility index (Phi) is 6.34. The highest BCUT2D eigenvalue weighted by molar-refractivity contribution is 5.76. The molecule has 1 saturated heterocycles. The molecule has 0 saturated carbocycles. The summed E-state index contributed by atoms with van der Waals surface area (Å²) < 4.78 is 5.34. The molecule has 1 heterocycles. The number of hydrogen-bond acceptors (Lipinski definition) is 6. The highest BCUT2D eigenvalue weighted by Gasteiger charge is 2.45. The molecule has 20 heavy (non-hydrogen) atoms. The van der Waals surface area contributed by atoms with Crippen LogP contribution in [-0.2, 0) is 14.3 Å². The van der Waals surface area contributed by atoms with Crippen molar-refractivity contribution in [3.8, 4) is 0 Å². The van der Waals surface area contributed by atoms with Gasteiger partial charge in [-0.1, -0.05) is 6.92 Å². The molecule has 5 atom stereocenters. The van der Waals surface area contributed by atoms with E-state index in [0.29, 0.717) is 6.42 Å². The number of ether oxygens (including phenoxy) is 1. The summed E-state index contributed by atoms with van der Waals surface area (Å²) in [4.78, 5) is 22.8. The van der Waals surface area contributed by atoms with E-state index in [0.717, 1.165) is 0 Å². The summed E-state index contributed by atoms with van der Waals surface area (Å²) in [7, 11) is 0. The maximum atomic E-state index is 11.6. The number of aliphatic hydroxyl groups excluding tert-OH is 3. The van der Waals surface area contributed by atoms with E-state index in [2.05, 4.69) is 10.6 Å². The van der Waals surface area contributed by atoms with E-state index in [1.807, 2.05) is 6.92 Å². The Balaban J connectivity index is 2.83. The number of carbonyl (C=O) groups is 2. The predicted molar refractivity (Wildman–Crippen MR) is 68.4 cm³/mol. The minimum atomic E-state index is -1.35. The lowest BCUT2D eigenvalue weighted by atomic mass is 9.96.